The van der Waals surface area contributed by atoms with Gasteiger partial charge in [-0.25, -0.2) is 0 Å². The first-order valence-electron chi connectivity index (χ1n) is 10.2. The molecule has 0 saturated carbocycles. The van der Waals surface area contributed by atoms with Crippen molar-refractivity contribution in [3.63, 3.8) is 0 Å². The molecule has 1 aromatic rings. The molecular weight excluding hydrogens is 374 g/mol. The summed E-state index contributed by atoms with van der Waals surface area (Å²) in [5.41, 5.74) is 1.50. The first kappa shape index (κ1) is 22.6. The number of rotatable bonds is 12. The number of carbonyl (C=O) groups is 1. The van der Waals surface area contributed by atoms with Crippen LogP contribution in [0, 0.1) is 0 Å². The predicted octanol–water partition coefficient (Wildman–Crippen LogP) is 2.92. The van der Waals surface area contributed by atoms with E-state index in [0.29, 0.717) is 18.8 Å². The molecule has 1 heterocycles. The summed E-state index contributed by atoms with van der Waals surface area (Å²) in [5, 5.41) is 2.89. The average molecular weight is 410 g/mol. The first-order chi connectivity index (χ1) is 13.2. The van der Waals surface area contributed by atoms with E-state index in [1.165, 1.54) is 44.5 Å². The highest BCUT2D eigenvalue weighted by Gasteiger charge is 2.20. The maximum atomic E-state index is 11.9. The lowest BCUT2D eigenvalue weighted by molar-refractivity contribution is -0.122. The summed E-state index contributed by atoms with van der Waals surface area (Å²) in [6.07, 6.45) is 4.85. The lowest BCUT2D eigenvalue weighted by Gasteiger charge is -2.32. The maximum absolute atomic E-state index is 11.9. The van der Waals surface area contributed by atoms with E-state index in [-0.39, 0.29) is 5.91 Å². The van der Waals surface area contributed by atoms with Crippen molar-refractivity contribution in [2.75, 3.05) is 57.3 Å². The van der Waals surface area contributed by atoms with Crippen molar-refractivity contribution in [2.45, 2.75) is 31.6 Å². The molecule has 0 aromatic heterocycles. The molecule has 1 fully saturated rings. The Hall–Kier alpha value is -0.690. The third kappa shape index (κ3) is 8.90. The van der Waals surface area contributed by atoms with Gasteiger partial charge in [0.1, 0.15) is 0 Å². The summed E-state index contributed by atoms with van der Waals surface area (Å²) < 4.78 is 0. The number of nitrogens with zero attached hydrogens (tertiary/aromatic N) is 2. The predicted molar refractivity (Wildman–Crippen MR) is 121 cm³/mol. The summed E-state index contributed by atoms with van der Waals surface area (Å²) in [6.45, 7) is 6.50. The molecule has 0 atom stereocenters. The van der Waals surface area contributed by atoms with Gasteiger partial charge in [0.15, 0.2) is 0 Å². The van der Waals surface area contributed by atoms with Crippen LogP contribution in [0.25, 0.3) is 0 Å². The summed E-state index contributed by atoms with van der Waals surface area (Å²) in [4.78, 5) is 16.7. The van der Waals surface area contributed by atoms with Gasteiger partial charge in [-0.3, -0.25) is 9.69 Å². The minimum Gasteiger partial charge on any atom is -0.354 e. The quantitative estimate of drug-likeness (QED) is 0.367. The Balaban J connectivity index is 1.60. The van der Waals surface area contributed by atoms with Gasteiger partial charge in [0, 0.05) is 24.6 Å². The molecule has 1 amide bonds. The lowest BCUT2D eigenvalue weighted by atomic mass is 9.89. The lowest BCUT2D eigenvalue weighted by Crippen LogP contribution is -2.39. The van der Waals surface area contributed by atoms with Crippen LogP contribution >= 0.6 is 25.3 Å². The number of benzene rings is 1. The van der Waals surface area contributed by atoms with E-state index in [1.54, 1.807) is 0 Å². The van der Waals surface area contributed by atoms with Gasteiger partial charge in [-0.1, -0.05) is 30.3 Å². The Labute approximate surface area is 175 Å². The summed E-state index contributed by atoms with van der Waals surface area (Å²) in [6, 6.07) is 10.9. The normalized spacial score (nSPS) is 16.0. The standard InChI is InChI=1S/C21H35N3OS2/c25-21(22-10-16-26)18-24(15-17-27)12-5-4-11-23-13-8-20(9-14-23)19-6-2-1-3-7-19/h1-3,6-7,20,26-27H,4-5,8-18H2,(H,22,25). The first-order valence-corrected chi connectivity index (χ1v) is 11.5. The molecule has 0 bridgehead atoms. The zero-order valence-corrected chi connectivity index (χ0v) is 18.1. The number of amides is 1. The number of hydrogen-bond donors (Lipinski definition) is 3. The molecule has 1 aromatic carbocycles. The molecule has 1 aliphatic rings. The molecule has 6 heteroatoms. The number of nitrogens with one attached hydrogen (secondary N) is 1. The van der Waals surface area contributed by atoms with E-state index in [9.17, 15) is 4.79 Å². The third-order valence-electron chi connectivity index (χ3n) is 5.27. The van der Waals surface area contributed by atoms with Gasteiger partial charge in [-0.05, 0) is 63.3 Å². The van der Waals surface area contributed by atoms with Crippen molar-refractivity contribution < 1.29 is 4.79 Å². The number of thiol groups is 2. The minimum absolute atomic E-state index is 0.0915. The maximum Gasteiger partial charge on any atom is 0.234 e. The number of hydrogen-bond acceptors (Lipinski definition) is 5. The number of carbonyl (C=O) groups excluding carboxylic acids is 1. The van der Waals surface area contributed by atoms with Crippen molar-refractivity contribution in [1.82, 2.24) is 15.1 Å². The van der Waals surface area contributed by atoms with Gasteiger partial charge in [-0.2, -0.15) is 25.3 Å². The average Bonchev–Trinajstić information content (AvgIpc) is 2.71. The van der Waals surface area contributed by atoms with Crippen molar-refractivity contribution in [3.05, 3.63) is 35.9 Å². The molecule has 1 aliphatic heterocycles. The van der Waals surface area contributed by atoms with Crippen LogP contribution in [0.1, 0.15) is 37.2 Å². The molecule has 0 unspecified atom stereocenters. The van der Waals surface area contributed by atoms with Gasteiger partial charge >= 0.3 is 0 Å². The molecule has 4 nitrogen and oxygen atoms in total. The largest absolute Gasteiger partial charge is 0.354 e. The van der Waals surface area contributed by atoms with Crippen LogP contribution in [0.15, 0.2) is 30.3 Å². The van der Waals surface area contributed by atoms with Gasteiger partial charge in [0.25, 0.3) is 0 Å². The summed E-state index contributed by atoms with van der Waals surface area (Å²) >= 11 is 8.45. The second-order valence-corrected chi connectivity index (χ2v) is 8.20. The highest BCUT2D eigenvalue weighted by atomic mass is 32.1. The topological polar surface area (TPSA) is 35.6 Å². The monoisotopic (exact) mass is 409 g/mol. The highest BCUT2D eigenvalue weighted by molar-refractivity contribution is 7.80. The Morgan fingerprint density at radius 1 is 1.07 bits per heavy atom. The highest BCUT2D eigenvalue weighted by Crippen LogP contribution is 2.27. The van der Waals surface area contributed by atoms with Crippen LogP contribution in [-0.2, 0) is 4.79 Å². The number of unbranched alkanes of at least 4 members (excludes halogenated alkanes) is 1. The van der Waals surface area contributed by atoms with Crippen LogP contribution in [-0.4, -0.2) is 73.0 Å². The van der Waals surface area contributed by atoms with Gasteiger partial charge in [0.2, 0.25) is 5.91 Å². The van der Waals surface area contributed by atoms with Crippen molar-refractivity contribution in [3.8, 4) is 0 Å². The van der Waals surface area contributed by atoms with Crippen molar-refractivity contribution >= 4 is 31.2 Å². The molecule has 0 aliphatic carbocycles. The van der Waals surface area contributed by atoms with Gasteiger partial charge < -0.3 is 10.2 Å². The zero-order chi connectivity index (χ0) is 19.3. The fourth-order valence-corrected chi connectivity index (χ4v) is 4.15. The molecule has 2 rings (SSSR count). The van der Waals surface area contributed by atoms with Crippen LogP contribution in [0.2, 0.25) is 0 Å². The molecule has 0 radical (unpaired) electrons. The Bertz CT molecular complexity index is 521. The fraction of sp³-hybridized carbons (Fsp3) is 0.667. The second-order valence-electron chi connectivity index (χ2n) is 7.31. The van der Waals surface area contributed by atoms with Crippen LogP contribution in [0.4, 0.5) is 0 Å². The SMILES string of the molecule is O=C(CN(CCS)CCCCN1CCC(c2ccccc2)CC1)NCCS. The minimum atomic E-state index is 0.0915. The van der Waals surface area contributed by atoms with Gasteiger partial charge in [0.05, 0.1) is 6.54 Å². The Morgan fingerprint density at radius 2 is 1.81 bits per heavy atom. The molecule has 0 spiro atoms. The third-order valence-corrected chi connectivity index (χ3v) is 5.70. The Morgan fingerprint density at radius 3 is 2.48 bits per heavy atom. The zero-order valence-electron chi connectivity index (χ0n) is 16.4. The van der Waals surface area contributed by atoms with E-state index >= 15 is 0 Å². The van der Waals surface area contributed by atoms with E-state index in [0.717, 1.165) is 31.2 Å². The molecule has 1 saturated heterocycles. The Kier molecular flexibility index (Phi) is 11.3. The van der Waals surface area contributed by atoms with E-state index in [1.807, 2.05) is 0 Å². The van der Waals surface area contributed by atoms with Crippen molar-refractivity contribution in [2.24, 2.45) is 0 Å². The fourth-order valence-electron chi connectivity index (χ4n) is 3.75. The molecule has 27 heavy (non-hydrogen) atoms. The van der Waals surface area contributed by atoms with Crippen LogP contribution in [0.3, 0.4) is 0 Å². The molecular formula is C21H35N3OS2. The summed E-state index contributed by atoms with van der Waals surface area (Å²) in [5.74, 6) is 2.28. The van der Waals surface area contributed by atoms with Crippen LogP contribution < -0.4 is 5.32 Å². The van der Waals surface area contributed by atoms with E-state index < -0.39 is 0 Å². The van der Waals surface area contributed by atoms with Crippen molar-refractivity contribution in [1.29, 1.82) is 0 Å². The number of piperidine rings is 1. The molecule has 152 valence electrons. The molecule has 1 N–H and O–H groups in total. The van der Waals surface area contributed by atoms with Gasteiger partial charge in [-0.15, -0.1) is 0 Å². The van der Waals surface area contributed by atoms with E-state index in [4.69, 9.17) is 0 Å². The smallest absolute Gasteiger partial charge is 0.234 e. The second kappa shape index (κ2) is 13.5. The van der Waals surface area contributed by atoms with E-state index in [2.05, 4.69) is 70.7 Å². The summed E-state index contributed by atoms with van der Waals surface area (Å²) in [7, 11) is 0. The van der Waals surface area contributed by atoms with Crippen LogP contribution in [0.5, 0.6) is 0 Å². The number of likely N-dealkylation sites (tertiary alicyclic amines) is 1.